The van der Waals surface area contributed by atoms with Gasteiger partial charge < -0.3 is 14.6 Å². The third-order valence-corrected chi connectivity index (χ3v) is 5.00. The Kier molecular flexibility index (Phi) is 4.55. The van der Waals surface area contributed by atoms with Gasteiger partial charge in [-0.2, -0.15) is 0 Å². The van der Waals surface area contributed by atoms with Crippen molar-refractivity contribution in [3.05, 3.63) is 22.1 Å². The predicted octanol–water partition coefficient (Wildman–Crippen LogP) is 4.14. The molecule has 1 unspecified atom stereocenters. The van der Waals surface area contributed by atoms with E-state index in [2.05, 4.69) is 30.9 Å². The topological polar surface area (TPSA) is 71.1 Å². The Morgan fingerprint density at radius 1 is 1.46 bits per heavy atom. The number of carbonyl (C=O) groups excluding carboxylic acids is 1. The van der Waals surface area contributed by atoms with Crippen molar-refractivity contribution >= 4 is 33.2 Å². The normalized spacial score (nSPS) is 18.9. The van der Waals surface area contributed by atoms with Crippen LogP contribution < -0.4 is 0 Å². The molecule has 2 aromatic rings. The lowest BCUT2D eigenvalue weighted by Crippen LogP contribution is -2.42. The van der Waals surface area contributed by atoms with Gasteiger partial charge in [0.25, 0.3) is 0 Å². The number of aromatic nitrogens is 3. The van der Waals surface area contributed by atoms with Gasteiger partial charge in [-0.25, -0.2) is 14.8 Å². The first-order valence-electron chi connectivity index (χ1n) is 8.23. The molecule has 7 heteroatoms. The third-order valence-electron chi connectivity index (χ3n) is 4.20. The van der Waals surface area contributed by atoms with E-state index in [9.17, 15) is 4.79 Å². The smallest absolute Gasteiger partial charge is 0.410 e. The number of aromatic amines is 1. The number of carbonyl (C=O) groups is 1. The number of ether oxygens (including phenoxy) is 1. The molecule has 3 heterocycles. The minimum atomic E-state index is -0.475. The summed E-state index contributed by atoms with van der Waals surface area (Å²) in [6.45, 7) is 9.04. The zero-order chi connectivity index (χ0) is 17.5. The van der Waals surface area contributed by atoms with Gasteiger partial charge in [0.15, 0.2) is 5.65 Å². The van der Waals surface area contributed by atoms with Crippen LogP contribution in [-0.4, -0.2) is 44.6 Å². The van der Waals surface area contributed by atoms with Gasteiger partial charge in [0.05, 0.1) is 5.52 Å². The summed E-state index contributed by atoms with van der Waals surface area (Å²) >= 11 is 3.50. The molecule has 1 N–H and O–H groups in total. The van der Waals surface area contributed by atoms with Crippen molar-refractivity contribution in [1.82, 2.24) is 19.9 Å². The van der Waals surface area contributed by atoms with Crippen molar-refractivity contribution in [2.45, 2.75) is 52.1 Å². The molecule has 1 atom stereocenters. The maximum absolute atomic E-state index is 12.3. The molecule has 2 aromatic heterocycles. The molecule has 1 saturated heterocycles. The fourth-order valence-corrected chi connectivity index (χ4v) is 3.26. The molecule has 6 nitrogen and oxygen atoms in total. The van der Waals surface area contributed by atoms with E-state index in [1.54, 1.807) is 11.1 Å². The monoisotopic (exact) mass is 394 g/mol. The van der Waals surface area contributed by atoms with E-state index >= 15 is 0 Å². The van der Waals surface area contributed by atoms with E-state index < -0.39 is 5.60 Å². The van der Waals surface area contributed by atoms with Crippen molar-refractivity contribution in [3.63, 3.8) is 0 Å². The van der Waals surface area contributed by atoms with E-state index in [1.165, 1.54) is 0 Å². The van der Waals surface area contributed by atoms with Crippen LogP contribution in [0.25, 0.3) is 11.2 Å². The first-order valence-corrected chi connectivity index (χ1v) is 9.02. The Hall–Kier alpha value is -1.63. The fraction of sp³-hybridized carbons (Fsp3) is 0.588. The molecule has 3 rings (SSSR count). The van der Waals surface area contributed by atoms with Crippen LogP contribution in [0.15, 0.2) is 10.7 Å². The Morgan fingerprint density at radius 2 is 2.21 bits per heavy atom. The molecule has 130 valence electrons. The standard InChI is InChI=1S/C17H23BrN4O2/c1-10-12(18)8-19-15-13(10)20-14(21-15)11-6-5-7-22(9-11)16(23)24-17(2,3)4/h8,11H,5-7,9H2,1-4H3,(H,19,20,21). The van der Waals surface area contributed by atoms with E-state index in [0.717, 1.165) is 46.4 Å². The largest absolute Gasteiger partial charge is 0.444 e. The maximum atomic E-state index is 12.3. The van der Waals surface area contributed by atoms with Gasteiger partial charge in [0.2, 0.25) is 0 Å². The summed E-state index contributed by atoms with van der Waals surface area (Å²) < 4.78 is 6.46. The van der Waals surface area contributed by atoms with Crippen molar-refractivity contribution in [2.75, 3.05) is 13.1 Å². The lowest BCUT2D eigenvalue weighted by molar-refractivity contribution is 0.0196. The van der Waals surface area contributed by atoms with Gasteiger partial charge in [-0.3, -0.25) is 0 Å². The summed E-state index contributed by atoms with van der Waals surface area (Å²) in [5.74, 6) is 1.07. The average Bonchev–Trinajstić information content (AvgIpc) is 2.94. The van der Waals surface area contributed by atoms with Gasteiger partial charge in [0, 0.05) is 29.7 Å². The highest BCUT2D eigenvalue weighted by Crippen LogP contribution is 2.29. The number of nitrogens with one attached hydrogen (secondary N) is 1. The highest BCUT2D eigenvalue weighted by atomic mass is 79.9. The summed E-state index contributed by atoms with van der Waals surface area (Å²) in [5, 5.41) is 0. The number of amides is 1. The number of aryl methyl sites for hydroxylation is 1. The van der Waals surface area contributed by atoms with Crippen molar-refractivity contribution in [2.24, 2.45) is 0 Å². The van der Waals surface area contributed by atoms with Crippen LogP contribution in [0.1, 0.15) is 50.9 Å². The second kappa shape index (κ2) is 6.35. The second-order valence-electron chi connectivity index (χ2n) is 7.32. The maximum Gasteiger partial charge on any atom is 0.410 e. The average molecular weight is 395 g/mol. The summed E-state index contributed by atoms with van der Waals surface area (Å²) in [6.07, 6.45) is 3.47. The number of nitrogens with zero attached hydrogens (tertiary/aromatic N) is 3. The molecular formula is C17H23BrN4O2. The number of fused-ring (bicyclic) bond motifs is 1. The molecule has 0 radical (unpaired) electrons. The van der Waals surface area contributed by atoms with Gasteiger partial charge in [0.1, 0.15) is 11.4 Å². The Labute approximate surface area is 150 Å². The number of pyridine rings is 1. The van der Waals surface area contributed by atoms with Gasteiger partial charge >= 0.3 is 6.09 Å². The number of H-pyrrole nitrogens is 1. The molecule has 0 aromatic carbocycles. The molecule has 0 bridgehead atoms. The zero-order valence-electron chi connectivity index (χ0n) is 14.5. The van der Waals surface area contributed by atoms with Crippen LogP contribution >= 0.6 is 15.9 Å². The van der Waals surface area contributed by atoms with Crippen LogP contribution in [0.4, 0.5) is 4.79 Å². The number of hydrogen-bond donors (Lipinski definition) is 1. The van der Waals surface area contributed by atoms with Crippen LogP contribution in [0.2, 0.25) is 0 Å². The Balaban J connectivity index is 1.80. The SMILES string of the molecule is Cc1c(Br)cnc2nc(C3CCCN(C(=O)OC(C)(C)C)C3)[nH]c12. The first-order chi connectivity index (χ1) is 11.2. The first kappa shape index (κ1) is 17.2. The molecule has 0 spiro atoms. The molecule has 1 amide bonds. The molecule has 24 heavy (non-hydrogen) atoms. The summed E-state index contributed by atoms with van der Waals surface area (Å²) in [5.41, 5.74) is 2.30. The fourth-order valence-electron chi connectivity index (χ4n) is 2.96. The molecule has 0 aliphatic carbocycles. The van der Waals surface area contributed by atoms with Gasteiger partial charge in [-0.15, -0.1) is 0 Å². The van der Waals surface area contributed by atoms with Crippen LogP contribution in [0, 0.1) is 6.92 Å². The molecular weight excluding hydrogens is 372 g/mol. The summed E-state index contributed by atoms with van der Waals surface area (Å²) in [4.78, 5) is 26.5. The minimum absolute atomic E-state index is 0.179. The Bertz CT molecular complexity index is 766. The van der Waals surface area contributed by atoms with Gasteiger partial charge in [-0.1, -0.05) is 0 Å². The minimum Gasteiger partial charge on any atom is -0.444 e. The molecule has 1 fully saturated rings. The number of rotatable bonds is 1. The molecule has 1 aliphatic rings. The number of imidazole rings is 1. The van der Waals surface area contributed by atoms with Crippen LogP contribution in [0.5, 0.6) is 0 Å². The number of likely N-dealkylation sites (tertiary alicyclic amines) is 1. The Morgan fingerprint density at radius 3 is 2.92 bits per heavy atom. The number of hydrogen-bond acceptors (Lipinski definition) is 4. The third kappa shape index (κ3) is 3.55. The highest BCUT2D eigenvalue weighted by Gasteiger charge is 2.30. The van der Waals surface area contributed by atoms with Crippen molar-refractivity contribution < 1.29 is 9.53 Å². The van der Waals surface area contributed by atoms with E-state index in [-0.39, 0.29) is 12.0 Å². The predicted molar refractivity (Wildman–Crippen MR) is 96.1 cm³/mol. The lowest BCUT2D eigenvalue weighted by Gasteiger charge is -2.33. The summed E-state index contributed by atoms with van der Waals surface area (Å²) in [7, 11) is 0. The van der Waals surface area contributed by atoms with Crippen molar-refractivity contribution in [3.8, 4) is 0 Å². The van der Waals surface area contributed by atoms with Gasteiger partial charge in [-0.05, 0) is 62.0 Å². The second-order valence-corrected chi connectivity index (χ2v) is 8.17. The molecule has 1 aliphatic heterocycles. The van der Waals surface area contributed by atoms with Crippen LogP contribution in [0.3, 0.4) is 0 Å². The highest BCUT2D eigenvalue weighted by molar-refractivity contribution is 9.10. The van der Waals surface area contributed by atoms with Crippen LogP contribution in [-0.2, 0) is 4.74 Å². The quantitative estimate of drug-likeness (QED) is 0.788. The summed E-state index contributed by atoms with van der Waals surface area (Å²) in [6, 6.07) is 0. The van der Waals surface area contributed by atoms with E-state index in [4.69, 9.17) is 4.74 Å². The lowest BCUT2D eigenvalue weighted by atomic mass is 9.98. The number of halogens is 1. The zero-order valence-corrected chi connectivity index (χ0v) is 16.1. The van der Waals surface area contributed by atoms with Crippen molar-refractivity contribution in [1.29, 1.82) is 0 Å². The molecule has 0 saturated carbocycles. The van der Waals surface area contributed by atoms with E-state index in [1.807, 2.05) is 27.7 Å². The number of piperidine rings is 1. The van der Waals surface area contributed by atoms with E-state index in [0.29, 0.717) is 6.54 Å².